The molecule has 1 aliphatic rings. The summed E-state index contributed by atoms with van der Waals surface area (Å²) < 4.78 is 32.7. The molecule has 7 nitrogen and oxygen atoms in total. The highest BCUT2D eigenvalue weighted by Crippen LogP contribution is 2.25. The van der Waals surface area contributed by atoms with Crippen LogP contribution in [0.4, 0.5) is 5.69 Å². The maximum atomic E-state index is 13.0. The number of likely N-dealkylation sites (N-methyl/N-ethyl adjacent to an activating group) is 1. The first kappa shape index (κ1) is 21.6. The van der Waals surface area contributed by atoms with Crippen LogP contribution in [0.5, 0.6) is 5.75 Å². The smallest absolute Gasteiger partial charge is 0.257 e. The van der Waals surface area contributed by atoms with E-state index >= 15 is 0 Å². The summed E-state index contributed by atoms with van der Waals surface area (Å²) >= 11 is 6.18. The molecule has 1 amide bonds. The van der Waals surface area contributed by atoms with E-state index in [1.54, 1.807) is 24.3 Å². The van der Waals surface area contributed by atoms with Gasteiger partial charge in [-0.1, -0.05) is 11.6 Å². The fourth-order valence-corrected chi connectivity index (χ4v) is 4.67. The van der Waals surface area contributed by atoms with Crippen LogP contribution in [0.2, 0.25) is 5.02 Å². The van der Waals surface area contributed by atoms with Crippen LogP contribution in [0.15, 0.2) is 47.4 Å². The van der Waals surface area contributed by atoms with Crippen molar-refractivity contribution in [3.63, 3.8) is 0 Å². The summed E-state index contributed by atoms with van der Waals surface area (Å²) in [7, 11) is -1.74. The van der Waals surface area contributed by atoms with Gasteiger partial charge in [0.15, 0.2) is 0 Å². The standard InChI is InChI=1S/C20H24ClN3O4S/c1-3-28-16-6-4-15(5-7-16)22-20(25)18-14-17(8-9-19(18)21)29(26,27)24-12-10-23(2)11-13-24/h4-9,14H,3,10-13H2,1-2H3,(H,22,25). The number of rotatable bonds is 6. The highest BCUT2D eigenvalue weighted by atomic mass is 35.5. The van der Waals surface area contributed by atoms with Gasteiger partial charge in [-0.25, -0.2) is 8.42 Å². The summed E-state index contributed by atoms with van der Waals surface area (Å²) in [6.07, 6.45) is 0. The number of halogens is 1. The molecule has 0 unspecified atom stereocenters. The molecule has 0 spiro atoms. The van der Waals surface area contributed by atoms with Gasteiger partial charge >= 0.3 is 0 Å². The van der Waals surface area contributed by atoms with E-state index in [1.165, 1.54) is 22.5 Å². The van der Waals surface area contributed by atoms with Crippen molar-refractivity contribution in [2.24, 2.45) is 0 Å². The Labute approximate surface area is 176 Å². The summed E-state index contributed by atoms with van der Waals surface area (Å²) in [6.45, 7) is 4.59. The highest BCUT2D eigenvalue weighted by molar-refractivity contribution is 7.89. The van der Waals surface area contributed by atoms with Crippen LogP contribution >= 0.6 is 11.6 Å². The zero-order chi connectivity index (χ0) is 21.0. The Morgan fingerprint density at radius 1 is 1.10 bits per heavy atom. The fourth-order valence-electron chi connectivity index (χ4n) is 3.02. The van der Waals surface area contributed by atoms with Crippen LogP contribution in [0, 0.1) is 0 Å². The molecule has 2 aromatic rings. The summed E-state index contributed by atoms with van der Waals surface area (Å²) in [6, 6.07) is 11.1. The lowest BCUT2D eigenvalue weighted by molar-refractivity contribution is 0.102. The first-order valence-corrected chi connectivity index (χ1v) is 11.2. The van der Waals surface area contributed by atoms with E-state index in [0.29, 0.717) is 44.2 Å². The van der Waals surface area contributed by atoms with Crippen LogP contribution in [-0.2, 0) is 10.0 Å². The summed E-state index contributed by atoms with van der Waals surface area (Å²) in [5.41, 5.74) is 0.664. The number of nitrogens with zero attached hydrogens (tertiary/aromatic N) is 2. The number of carbonyl (C=O) groups excluding carboxylic acids is 1. The van der Waals surface area contributed by atoms with Crippen LogP contribution in [0.25, 0.3) is 0 Å². The van der Waals surface area contributed by atoms with E-state index in [-0.39, 0.29) is 15.5 Å². The second-order valence-corrected chi connectivity index (χ2v) is 9.11. The molecular weight excluding hydrogens is 414 g/mol. The van der Waals surface area contributed by atoms with E-state index in [4.69, 9.17) is 16.3 Å². The Balaban J connectivity index is 1.80. The van der Waals surface area contributed by atoms with Crippen molar-refractivity contribution in [2.75, 3.05) is 45.2 Å². The highest BCUT2D eigenvalue weighted by Gasteiger charge is 2.28. The van der Waals surface area contributed by atoms with Crippen molar-refractivity contribution in [2.45, 2.75) is 11.8 Å². The SMILES string of the molecule is CCOc1ccc(NC(=O)c2cc(S(=O)(=O)N3CCN(C)CC3)ccc2Cl)cc1. The van der Waals surface area contributed by atoms with E-state index in [0.717, 1.165) is 0 Å². The van der Waals surface area contributed by atoms with E-state index in [9.17, 15) is 13.2 Å². The number of sulfonamides is 1. The van der Waals surface area contributed by atoms with Gasteiger partial charge in [0, 0.05) is 31.9 Å². The molecule has 0 bridgehead atoms. The van der Waals surface area contributed by atoms with Gasteiger partial charge in [-0.3, -0.25) is 4.79 Å². The lowest BCUT2D eigenvalue weighted by Crippen LogP contribution is -2.47. The molecule has 0 aliphatic carbocycles. The zero-order valence-corrected chi connectivity index (χ0v) is 18.0. The summed E-state index contributed by atoms with van der Waals surface area (Å²) in [5, 5.41) is 2.92. The number of nitrogens with one attached hydrogen (secondary N) is 1. The molecule has 1 aliphatic heterocycles. The van der Waals surface area contributed by atoms with Crippen LogP contribution in [0.1, 0.15) is 17.3 Å². The minimum absolute atomic E-state index is 0.0586. The van der Waals surface area contributed by atoms with Crippen molar-refractivity contribution in [1.29, 1.82) is 0 Å². The first-order chi connectivity index (χ1) is 13.8. The van der Waals surface area contributed by atoms with Gasteiger partial charge in [0.25, 0.3) is 5.91 Å². The van der Waals surface area contributed by atoms with Crippen LogP contribution in [-0.4, -0.2) is 63.4 Å². The Hall–Kier alpha value is -2.13. The molecule has 0 radical (unpaired) electrons. The van der Waals surface area contributed by atoms with E-state index in [1.807, 2.05) is 14.0 Å². The quantitative estimate of drug-likeness (QED) is 0.751. The predicted molar refractivity (Wildman–Crippen MR) is 113 cm³/mol. The lowest BCUT2D eigenvalue weighted by atomic mass is 10.2. The monoisotopic (exact) mass is 437 g/mol. The molecule has 156 valence electrons. The van der Waals surface area contributed by atoms with Gasteiger partial charge in [-0.2, -0.15) is 4.31 Å². The molecule has 3 rings (SSSR count). The molecule has 9 heteroatoms. The van der Waals surface area contributed by atoms with Crippen molar-refractivity contribution in [3.8, 4) is 5.75 Å². The topological polar surface area (TPSA) is 78.9 Å². The molecule has 29 heavy (non-hydrogen) atoms. The minimum atomic E-state index is -3.69. The molecular formula is C20H24ClN3O4S. The van der Waals surface area contributed by atoms with E-state index < -0.39 is 15.9 Å². The molecule has 1 N–H and O–H groups in total. The Morgan fingerprint density at radius 3 is 2.38 bits per heavy atom. The second kappa shape index (κ2) is 9.13. The molecule has 1 heterocycles. The van der Waals surface area contributed by atoms with Gasteiger partial charge in [-0.15, -0.1) is 0 Å². The fraction of sp³-hybridized carbons (Fsp3) is 0.350. The van der Waals surface area contributed by atoms with E-state index in [2.05, 4.69) is 10.2 Å². The number of carbonyl (C=O) groups is 1. The Bertz CT molecular complexity index is 972. The largest absolute Gasteiger partial charge is 0.494 e. The zero-order valence-electron chi connectivity index (χ0n) is 16.4. The molecule has 1 saturated heterocycles. The number of anilines is 1. The number of amides is 1. The third-order valence-electron chi connectivity index (χ3n) is 4.71. The number of hydrogen-bond donors (Lipinski definition) is 1. The van der Waals surface area contributed by atoms with Crippen molar-refractivity contribution in [1.82, 2.24) is 9.21 Å². The van der Waals surface area contributed by atoms with Gasteiger partial charge < -0.3 is 15.0 Å². The van der Waals surface area contributed by atoms with Crippen molar-refractivity contribution in [3.05, 3.63) is 53.1 Å². The molecule has 2 aromatic carbocycles. The van der Waals surface area contributed by atoms with Crippen LogP contribution < -0.4 is 10.1 Å². The van der Waals surface area contributed by atoms with Crippen LogP contribution in [0.3, 0.4) is 0 Å². The van der Waals surface area contributed by atoms with Gasteiger partial charge in [0.1, 0.15) is 5.75 Å². The average Bonchev–Trinajstić information content (AvgIpc) is 2.70. The maximum Gasteiger partial charge on any atom is 0.257 e. The Kier molecular flexibility index (Phi) is 6.79. The normalized spacial score (nSPS) is 15.8. The number of piperazine rings is 1. The van der Waals surface area contributed by atoms with Gasteiger partial charge in [-0.05, 0) is 56.4 Å². The predicted octanol–water partition coefficient (Wildman–Crippen LogP) is 2.93. The molecule has 0 atom stereocenters. The third-order valence-corrected chi connectivity index (χ3v) is 6.93. The Morgan fingerprint density at radius 2 is 1.76 bits per heavy atom. The number of benzene rings is 2. The second-order valence-electron chi connectivity index (χ2n) is 6.76. The first-order valence-electron chi connectivity index (χ1n) is 9.33. The summed E-state index contributed by atoms with van der Waals surface area (Å²) in [4.78, 5) is 14.8. The molecule has 0 saturated carbocycles. The minimum Gasteiger partial charge on any atom is -0.494 e. The van der Waals surface area contributed by atoms with Gasteiger partial charge in [0.2, 0.25) is 10.0 Å². The number of ether oxygens (including phenoxy) is 1. The molecule has 1 fully saturated rings. The number of hydrogen-bond acceptors (Lipinski definition) is 5. The van der Waals surface area contributed by atoms with Gasteiger partial charge in [0.05, 0.1) is 22.1 Å². The van der Waals surface area contributed by atoms with Crippen molar-refractivity contribution < 1.29 is 17.9 Å². The third kappa shape index (κ3) is 5.08. The lowest BCUT2D eigenvalue weighted by Gasteiger charge is -2.31. The summed E-state index contributed by atoms with van der Waals surface area (Å²) in [5.74, 6) is 0.221. The average molecular weight is 438 g/mol. The van der Waals surface area contributed by atoms with Crippen molar-refractivity contribution >= 4 is 33.2 Å². The molecule has 0 aromatic heterocycles. The maximum absolute atomic E-state index is 13.0.